The Morgan fingerprint density at radius 2 is 2.16 bits per heavy atom. The van der Waals surface area contributed by atoms with Gasteiger partial charge in [-0.2, -0.15) is 0 Å². The molecule has 0 aromatic heterocycles. The van der Waals surface area contributed by atoms with Crippen LogP contribution in [0.4, 0.5) is 4.39 Å². The Bertz CT molecular complexity index is 452. The van der Waals surface area contributed by atoms with Gasteiger partial charge in [-0.15, -0.1) is 0 Å². The quantitative estimate of drug-likeness (QED) is 0.656. The molecule has 0 bridgehead atoms. The summed E-state index contributed by atoms with van der Waals surface area (Å²) in [5.74, 6) is -2.07. The Kier molecular flexibility index (Phi) is 5.74. The number of carbonyl (C=O) groups excluding carboxylic acids is 1. The molecule has 3 N–H and O–H groups in total. The number of amides is 1. The van der Waals surface area contributed by atoms with E-state index in [2.05, 4.69) is 5.32 Å². The number of benzene rings is 1. The summed E-state index contributed by atoms with van der Waals surface area (Å²) in [6.45, 7) is -0.300. The SMILES string of the molecule is O=C(COc1cccc(F)c1)NCCC(O)C(=O)O. The van der Waals surface area contributed by atoms with Crippen molar-refractivity contribution in [2.24, 2.45) is 0 Å². The van der Waals surface area contributed by atoms with Crippen LogP contribution in [0.3, 0.4) is 0 Å². The number of hydrogen-bond acceptors (Lipinski definition) is 4. The zero-order chi connectivity index (χ0) is 14.3. The highest BCUT2D eigenvalue weighted by atomic mass is 19.1. The minimum absolute atomic E-state index is 0.0127. The highest BCUT2D eigenvalue weighted by molar-refractivity contribution is 5.77. The molecule has 0 heterocycles. The maximum atomic E-state index is 12.8. The molecule has 1 atom stereocenters. The summed E-state index contributed by atoms with van der Waals surface area (Å²) >= 11 is 0. The fraction of sp³-hybridized carbons (Fsp3) is 0.333. The van der Waals surface area contributed by atoms with Gasteiger partial charge in [-0.05, 0) is 12.1 Å². The van der Waals surface area contributed by atoms with Gasteiger partial charge in [0.25, 0.3) is 5.91 Å². The van der Waals surface area contributed by atoms with Crippen molar-refractivity contribution < 1.29 is 28.9 Å². The molecule has 0 radical (unpaired) electrons. The molecule has 19 heavy (non-hydrogen) atoms. The third-order valence-electron chi connectivity index (χ3n) is 2.19. The van der Waals surface area contributed by atoms with Crippen molar-refractivity contribution in [1.82, 2.24) is 5.32 Å². The summed E-state index contributed by atoms with van der Waals surface area (Å²) in [6, 6.07) is 5.35. The van der Waals surface area contributed by atoms with E-state index < -0.39 is 23.8 Å². The van der Waals surface area contributed by atoms with Crippen LogP contribution in [0, 0.1) is 5.82 Å². The molecule has 6 nitrogen and oxygen atoms in total. The number of rotatable bonds is 7. The first kappa shape index (κ1) is 14.9. The smallest absolute Gasteiger partial charge is 0.332 e. The van der Waals surface area contributed by atoms with Crippen LogP contribution in [0.15, 0.2) is 24.3 Å². The molecule has 0 aliphatic carbocycles. The lowest BCUT2D eigenvalue weighted by atomic mass is 10.2. The van der Waals surface area contributed by atoms with Crippen molar-refractivity contribution >= 4 is 11.9 Å². The Morgan fingerprint density at radius 1 is 1.42 bits per heavy atom. The Morgan fingerprint density at radius 3 is 2.79 bits per heavy atom. The maximum absolute atomic E-state index is 12.8. The zero-order valence-electron chi connectivity index (χ0n) is 10.0. The van der Waals surface area contributed by atoms with Crippen LogP contribution in [-0.2, 0) is 9.59 Å². The van der Waals surface area contributed by atoms with E-state index in [1.807, 2.05) is 0 Å². The number of carboxylic acid groups (broad SMARTS) is 1. The highest BCUT2D eigenvalue weighted by Gasteiger charge is 2.12. The lowest BCUT2D eigenvalue weighted by molar-refractivity contribution is -0.147. The van der Waals surface area contributed by atoms with Gasteiger partial charge in [-0.25, -0.2) is 9.18 Å². The van der Waals surface area contributed by atoms with E-state index >= 15 is 0 Å². The second-order valence-electron chi connectivity index (χ2n) is 3.74. The second-order valence-corrected chi connectivity index (χ2v) is 3.74. The van der Waals surface area contributed by atoms with Crippen molar-refractivity contribution in [3.63, 3.8) is 0 Å². The van der Waals surface area contributed by atoms with Gasteiger partial charge in [0.2, 0.25) is 0 Å². The number of carboxylic acids is 1. The number of ether oxygens (including phenoxy) is 1. The van der Waals surface area contributed by atoms with E-state index in [1.165, 1.54) is 18.2 Å². The van der Waals surface area contributed by atoms with Crippen LogP contribution in [0.25, 0.3) is 0 Å². The molecule has 104 valence electrons. The Labute approximate surface area is 108 Å². The number of nitrogens with one attached hydrogen (secondary N) is 1. The normalized spacial score (nSPS) is 11.7. The molecule has 7 heteroatoms. The second kappa shape index (κ2) is 7.32. The number of halogens is 1. The molecule has 1 amide bonds. The van der Waals surface area contributed by atoms with Crippen LogP contribution in [0.5, 0.6) is 5.75 Å². The number of carbonyl (C=O) groups is 2. The molecule has 0 aliphatic rings. The molecule has 1 aromatic rings. The topological polar surface area (TPSA) is 95.9 Å². The van der Waals surface area contributed by atoms with Crippen molar-refractivity contribution in [3.05, 3.63) is 30.1 Å². The van der Waals surface area contributed by atoms with Crippen LogP contribution in [-0.4, -0.2) is 41.3 Å². The average molecular weight is 271 g/mol. The molecule has 0 aliphatic heterocycles. The first-order chi connectivity index (χ1) is 8.99. The molecular formula is C12H14FNO5. The van der Waals surface area contributed by atoms with Crippen LogP contribution in [0.2, 0.25) is 0 Å². The van der Waals surface area contributed by atoms with E-state index in [1.54, 1.807) is 0 Å². The number of hydrogen-bond donors (Lipinski definition) is 3. The highest BCUT2D eigenvalue weighted by Crippen LogP contribution is 2.11. The molecule has 1 unspecified atom stereocenters. The largest absolute Gasteiger partial charge is 0.484 e. The van der Waals surface area contributed by atoms with Crippen LogP contribution in [0.1, 0.15) is 6.42 Å². The van der Waals surface area contributed by atoms with Gasteiger partial charge in [-0.3, -0.25) is 4.79 Å². The van der Waals surface area contributed by atoms with Crippen LogP contribution >= 0.6 is 0 Å². The summed E-state index contributed by atoms with van der Waals surface area (Å²) < 4.78 is 17.8. The van der Waals surface area contributed by atoms with E-state index in [9.17, 15) is 14.0 Å². The van der Waals surface area contributed by atoms with Crippen molar-refractivity contribution in [2.45, 2.75) is 12.5 Å². The monoisotopic (exact) mass is 271 g/mol. The summed E-state index contributed by atoms with van der Waals surface area (Å²) in [7, 11) is 0. The molecular weight excluding hydrogens is 257 g/mol. The summed E-state index contributed by atoms with van der Waals surface area (Å²) in [5, 5.41) is 19.7. The molecule has 0 fully saturated rings. The van der Waals surface area contributed by atoms with Crippen molar-refractivity contribution in [1.29, 1.82) is 0 Å². The average Bonchev–Trinajstić information content (AvgIpc) is 2.36. The van der Waals surface area contributed by atoms with E-state index in [4.69, 9.17) is 14.9 Å². The Balaban J connectivity index is 2.23. The van der Waals surface area contributed by atoms with E-state index in [0.717, 1.165) is 6.07 Å². The standard InChI is InChI=1S/C12H14FNO5/c13-8-2-1-3-9(6-8)19-7-11(16)14-5-4-10(15)12(17)18/h1-3,6,10,15H,4-5,7H2,(H,14,16)(H,17,18). The van der Waals surface area contributed by atoms with Gasteiger partial charge in [0.1, 0.15) is 11.6 Å². The third-order valence-corrected chi connectivity index (χ3v) is 2.19. The summed E-state index contributed by atoms with van der Waals surface area (Å²) in [4.78, 5) is 21.6. The molecule has 1 rings (SSSR count). The predicted octanol–water partition coefficient (Wildman–Crippen LogP) is 0.156. The fourth-order valence-electron chi connectivity index (χ4n) is 1.23. The third kappa shape index (κ3) is 5.82. The number of aliphatic hydroxyl groups excluding tert-OH is 1. The summed E-state index contributed by atoms with van der Waals surface area (Å²) in [6.07, 6.45) is -1.61. The van der Waals surface area contributed by atoms with Crippen molar-refractivity contribution in [3.8, 4) is 5.75 Å². The van der Waals surface area contributed by atoms with Crippen molar-refractivity contribution in [2.75, 3.05) is 13.2 Å². The predicted molar refractivity (Wildman–Crippen MR) is 63.2 cm³/mol. The van der Waals surface area contributed by atoms with Gasteiger partial charge in [0, 0.05) is 19.0 Å². The molecule has 0 saturated heterocycles. The lowest BCUT2D eigenvalue weighted by Crippen LogP contribution is -2.33. The first-order valence-electron chi connectivity index (χ1n) is 5.55. The molecule has 0 saturated carbocycles. The minimum atomic E-state index is -1.51. The first-order valence-corrected chi connectivity index (χ1v) is 5.55. The van der Waals surface area contributed by atoms with Gasteiger partial charge in [0.05, 0.1) is 0 Å². The lowest BCUT2D eigenvalue weighted by Gasteiger charge is -2.08. The zero-order valence-corrected chi connectivity index (χ0v) is 10.0. The van der Waals surface area contributed by atoms with Gasteiger partial charge < -0.3 is 20.3 Å². The van der Waals surface area contributed by atoms with Gasteiger partial charge in [0.15, 0.2) is 12.7 Å². The van der Waals surface area contributed by atoms with E-state index in [0.29, 0.717) is 0 Å². The summed E-state index contributed by atoms with van der Waals surface area (Å²) in [5.41, 5.74) is 0. The molecule has 0 spiro atoms. The Hall–Kier alpha value is -2.15. The minimum Gasteiger partial charge on any atom is -0.484 e. The van der Waals surface area contributed by atoms with E-state index in [-0.39, 0.29) is 25.3 Å². The number of aliphatic carboxylic acids is 1. The van der Waals surface area contributed by atoms with Gasteiger partial charge >= 0.3 is 5.97 Å². The van der Waals surface area contributed by atoms with Gasteiger partial charge in [-0.1, -0.05) is 6.07 Å². The van der Waals surface area contributed by atoms with Crippen LogP contribution < -0.4 is 10.1 Å². The number of aliphatic hydroxyl groups is 1. The fourth-order valence-corrected chi connectivity index (χ4v) is 1.23. The maximum Gasteiger partial charge on any atom is 0.332 e. The molecule has 1 aromatic carbocycles.